The molecule has 1 amide bonds. The van der Waals surface area contributed by atoms with Crippen molar-refractivity contribution in [2.45, 2.75) is 30.8 Å². The molecule has 0 fully saturated rings. The van der Waals surface area contributed by atoms with Crippen LogP contribution in [-0.2, 0) is 23.5 Å². The molecular weight excluding hydrogens is 473 g/mol. The largest absolute Gasteiger partial charge is 0.497 e. The van der Waals surface area contributed by atoms with Gasteiger partial charge in [-0.2, -0.15) is 0 Å². The summed E-state index contributed by atoms with van der Waals surface area (Å²) in [6.07, 6.45) is 0.625. The molecule has 0 aliphatic carbocycles. The molecule has 0 saturated carbocycles. The van der Waals surface area contributed by atoms with Crippen LogP contribution in [-0.4, -0.2) is 34.0 Å². The van der Waals surface area contributed by atoms with Crippen molar-refractivity contribution < 1.29 is 13.9 Å². The first-order valence-corrected chi connectivity index (χ1v) is 12.6. The van der Waals surface area contributed by atoms with Gasteiger partial charge in [-0.3, -0.25) is 14.2 Å². The Morgan fingerprint density at radius 2 is 2.06 bits per heavy atom. The molecule has 1 aliphatic rings. The number of hydrogen-bond acceptors (Lipinski definition) is 6. The van der Waals surface area contributed by atoms with Crippen molar-refractivity contribution in [2.75, 3.05) is 13.7 Å². The van der Waals surface area contributed by atoms with Crippen LogP contribution in [0.2, 0.25) is 0 Å². The van der Waals surface area contributed by atoms with Crippen molar-refractivity contribution in [3.05, 3.63) is 80.7 Å². The maximum atomic E-state index is 13.9. The Hall–Kier alpha value is -3.17. The van der Waals surface area contributed by atoms with Crippen molar-refractivity contribution in [3.8, 4) is 11.4 Å². The minimum Gasteiger partial charge on any atom is -0.497 e. The second-order valence-corrected chi connectivity index (χ2v) is 10.1. The van der Waals surface area contributed by atoms with E-state index in [2.05, 4.69) is 0 Å². The number of thiophene rings is 1. The number of methoxy groups -OCH3 is 1. The SMILES string of the molecule is COc1cccc(-n2c(SCc3cccc(F)c3)nc3sc4c(c3c2=O)CCN(C(C)=O)C4)c1. The number of carbonyl (C=O) groups excluding carboxylic acids is 1. The molecule has 174 valence electrons. The average molecular weight is 496 g/mol. The molecular formula is C25H22FN3O3S2. The van der Waals surface area contributed by atoms with Crippen molar-refractivity contribution in [3.63, 3.8) is 0 Å². The molecule has 5 rings (SSSR count). The van der Waals surface area contributed by atoms with Crippen LogP contribution in [0, 0.1) is 5.82 Å². The summed E-state index contributed by atoms with van der Waals surface area (Å²) in [4.78, 5) is 34.1. The summed E-state index contributed by atoms with van der Waals surface area (Å²) in [5, 5.41) is 1.14. The number of carbonyl (C=O) groups is 1. The fraction of sp³-hybridized carbons (Fsp3) is 0.240. The standard InChI is InChI=1S/C25H22FN3O3S2/c1-15(30)28-10-9-20-21(13-28)34-23-22(20)24(31)29(18-7-4-8-19(12-18)32-2)25(27-23)33-14-16-5-3-6-17(26)11-16/h3-8,11-12H,9-10,13-14H2,1-2H3. The van der Waals surface area contributed by atoms with Crippen molar-refractivity contribution in [2.24, 2.45) is 0 Å². The molecule has 0 atom stereocenters. The molecule has 34 heavy (non-hydrogen) atoms. The summed E-state index contributed by atoms with van der Waals surface area (Å²) < 4.78 is 20.7. The van der Waals surface area contributed by atoms with E-state index in [1.54, 1.807) is 35.6 Å². The van der Waals surface area contributed by atoms with Gasteiger partial charge in [0.2, 0.25) is 5.91 Å². The lowest BCUT2D eigenvalue weighted by Gasteiger charge is -2.25. The van der Waals surface area contributed by atoms with Gasteiger partial charge in [0.1, 0.15) is 16.4 Å². The first-order chi connectivity index (χ1) is 16.4. The van der Waals surface area contributed by atoms with Gasteiger partial charge in [-0.15, -0.1) is 11.3 Å². The number of halogens is 1. The van der Waals surface area contributed by atoms with E-state index in [1.165, 1.54) is 35.2 Å². The zero-order chi connectivity index (χ0) is 23.8. The van der Waals surface area contributed by atoms with E-state index in [9.17, 15) is 14.0 Å². The molecule has 0 bridgehead atoms. The number of rotatable bonds is 5. The second-order valence-electron chi connectivity index (χ2n) is 8.03. The van der Waals surface area contributed by atoms with E-state index in [0.29, 0.717) is 52.1 Å². The lowest BCUT2D eigenvalue weighted by molar-refractivity contribution is -0.129. The Bertz CT molecular complexity index is 1460. The highest BCUT2D eigenvalue weighted by atomic mass is 32.2. The van der Waals surface area contributed by atoms with Gasteiger partial charge in [0.05, 0.1) is 24.7 Å². The number of ether oxygens (including phenoxy) is 1. The molecule has 1 aliphatic heterocycles. The highest BCUT2D eigenvalue weighted by Crippen LogP contribution is 2.35. The Morgan fingerprint density at radius 3 is 2.82 bits per heavy atom. The van der Waals surface area contributed by atoms with Gasteiger partial charge in [-0.25, -0.2) is 9.37 Å². The molecule has 0 saturated heterocycles. The molecule has 0 N–H and O–H groups in total. The summed E-state index contributed by atoms with van der Waals surface area (Å²) in [6.45, 7) is 2.65. The third-order valence-corrected chi connectivity index (χ3v) is 7.98. The zero-order valence-corrected chi connectivity index (χ0v) is 20.3. The first kappa shape index (κ1) is 22.6. The third kappa shape index (κ3) is 4.21. The molecule has 6 nitrogen and oxygen atoms in total. The highest BCUT2D eigenvalue weighted by molar-refractivity contribution is 7.98. The van der Waals surface area contributed by atoms with E-state index in [1.807, 2.05) is 24.3 Å². The lowest BCUT2D eigenvalue weighted by Crippen LogP contribution is -2.34. The maximum absolute atomic E-state index is 13.9. The van der Waals surface area contributed by atoms with E-state index in [0.717, 1.165) is 16.0 Å². The van der Waals surface area contributed by atoms with Crippen molar-refractivity contribution >= 4 is 39.2 Å². The summed E-state index contributed by atoms with van der Waals surface area (Å²) in [6, 6.07) is 13.7. The van der Waals surface area contributed by atoms with Crippen LogP contribution in [0.4, 0.5) is 4.39 Å². The second kappa shape index (κ2) is 9.23. The van der Waals surface area contributed by atoms with Crippen LogP contribution in [0.15, 0.2) is 58.5 Å². The summed E-state index contributed by atoms with van der Waals surface area (Å²) in [7, 11) is 1.58. The predicted molar refractivity (Wildman–Crippen MR) is 133 cm³/mol. The Balaban J connectivity index is 1.65. The Labute approximate surface area is 204 Å². The summed E-state index contributed by atoms with van der Waals surface area (Å²) >= 11 is 2.85. The fourth-order valence-electron chi connectivity index (χ4n) is 4.14. The summed E-state index contributed by atoms with van der Waals surface area (Å²) in [5.74, 6) is 0.821. The van der Waals surface area contributed by atoms with Gasteiger partial charge in [0, 0.05) is 30.2 Å². The first-order valence-electron chi connectivity index (χ1n) is 10.8. The van der Waals surface area contributed by atoms with Crippen LogP contribution < -0.4 is 10.3 Å². The third-order valence-electron chi connectivity index (χ3n) is 5.86. The molecule has 2 aromatic carbocycles. The van der Waals surface area contributed by atoms with Gasteiger partial charge in [0.15, 0.2) is 5.16 Å². The van der Waals surface area contributed by atoms with Crippen LogP contribution in [0.1, 0.15) is 22.9 Å². The fourth-order valence-corrected chi connectivity index (χ4v) is 6.37. The molecule has 4 aromatic rings. The maximum Gasteiger partial charge on any atom is 0.267 e. The van der Waals surface area contributed by atoms with Crippen LogP contribution >= 0.6 is 23.1 Å². The number of benzene rings is 2. The number of nitrogens with zero attached hydrogens (tertiary/aromatic N) is 3. The number of amides is 1. The average Bonchev–Trinajstić information content (AvgIpc) is 3.20. The van der Waals surface area contributed by atoms with E-state index in [-0.39, 0.29) is 17.3 Å². The zero-order valence-electron chi connectivity index (χ0n) is 18.7. The normalized spacial score (nSPS) is 13.2. The molecule has 0 unspecified atom stereocenters. The molecule has 2 aromatic heterocycles. The molecule has 9 heteroatoms. The topological polar surface area (TPSA) is 64.4 Å². The highest BCUT2D eigenvalue weighted by Gasteiger charge is 2.26. The summed E-state index contributed by atoms with van der Waals surface area (Å²) in [5.41, 5.74) is 2.29. The molecule has 0 radical (unpaired) electrons. The quantitative estimate of drug-likeness (QED) is 0.294. The lowest BCUT2D eigenvalue weighted by atomic mass is 10.1. The van der Waals surface area contributed by atoms with Crippen molar-refractivity contribution in [1.82, 2.24) is 14.5 Å². The Morgan fingerprint density at radius 1 is 1.24 bits per heavy atom. The van der Waals surface area contributed by atoms with Crippen LogP contribution in [0.3, 0.4) is 0 Å². The molecule has 0 spiro atoms. The predicted octanol–water partition coefficient (Wildman–Crippen LogP) is 4.79. The number of fused-ring (bicyclic) bond motifs is 3. The van der Waals surface area contributed by atoms with Crippen LogP contribution in [0.5, 0.6) is 5.75 Å². The van der Waals surface area contributed by atoms with Gasteiger partial charge >= 0.3 is 0 Å². The van der Waals surface area contributed by atoms with Crippen LogP contribution in [0.25, 0.3) is 15.9 Å². The monoisotopic (exact) mass is 495 g/mol. The van der Waals surface area contributed by atoms with Crippen molar-refractivity contribution in [1.29, 1.82) is 0 Å². The van der Waals surface area contributed by atoms with Gasteiger partial charge < -0.3 is 9.64 Å². The van der Waals surface area contributed by atoms with E-state index >= 15 is 0 Å². The van der Waals surface area contributed by atoms with E-state index in [4.69, 9.17) is 9.72 Å². The van der Waals surface area contributed by atoms with Gasteiger partial charge in [0.25, 0.3) is 5.56 Å². The van der Waals surface area contributed by atoms with Gasteiger partial charge in [-0.05, 0) is 41.8 Å². The minimum absolute atomic E-state index is 0.0243. The minimum atomic E-state index is -0.298. The van der Waals surface area contributed by atoms with Gasteiger partial charge in [-0.1, -0.05) is 30.0 Å². The number of hydrogen-bond donors (Lipinski definition) is 0. The smallest absolute Gasteiger partial charge is 0.267 e. The molecule has 3 heterocycles. The van der Waals surface area contributed by atoms with E-state index < -0.39 is 0 Å². The number of thioether (sulfide) groups is 1. The number of aromatic nitrogens is 2. The Kier molecular flexibility index (Phi) is 6.14.